The molecule has 0 saturated carbocycles. The number of piperazine rings is 1. The number of amides is 2. The molecule has 2 saturated heterocycles. The number of nitrogens with zero attached hydrogens (tertiary/aromatic N) is 3. The maximum absolute atomic E-state index is 13.1. The molecule has 0 spiro atoms. The zero-order valence-electron chi connectivity index (χ0n) is 16.1. The minimum Gasteiger partial charge on any atom is -0.368 e. The summed E-state index contributed by atoms with van der Waals surface area (Å²) < 4.78 is 0. The highest BCUT2D eigenvalue weighted by Gasteiger charge is 2.39. The molecule has 0 aromatic heterocycles. The van der Waals surface area contributed by atoms with Crippen LogP contribution in [0.25, 0.3) is 0 Å². The van der Waals surface area contributed by atoms with Gasteiger partial charge in [0, 0.05) is 38.4 Å². The van der Waals surface area contributed by atoms with E-state index in [2.05, 4.69) is 28.9 Å². The van der Waals surface area contributed by atoms with Gasteiger partial charge in [0.2, 0.25) is 11.8 Å². The molecule has 1 atom stereocenters. The van der Waals surface area contributed by atoms with E-state index in [0.717, 1.165) is 51.3 Å². The fraction of sp³-hybridized carbons (Fsp3) is 0.600. The van der Waals surface area contributed by atoms with Gasteiger partial charge in [-0.15, -0.1) is 0 Å². The van der Waals surface area contributed by atoms with Crippen molar-refractivity contribution in [2.45, 2.75) is 45.2 Å². The zero-order chi connectivity index (χ0) is 18.9. The fourth-order valence-electron chi connectivity index (χ4n) is 3.92. The van der Waals surface area contributed by atoms with Gasteiger partial charge in [-0.05, 0) is 45.7 Å². The Morgan fingerprint density at radius 3 is 2.27 bits per heavy atom. The highest BCUT2D eigenvalue weighted by atomic mass is 16.2. The summed E-state index contributed by atoms with van der Waals surface area (Å²) >= 11 is 0. The Balaban J connectivity index is 1.66. The van der Waals surface area contributed by atoms with Crippen LogP contribution in [0.5, 0.6) is 0 Å². The number of carbonyl (C=O) groups is 2. The molecule has 26 heavy (non-hydrogen) atoms. The number of hydrogen-bond acceptors (Lipinski definition) is 4. The summed E-state index contributed by atoms with van der Waals surface area (Å²) in [6.45, 7) is 9.66. The molecule has 2 aliphatic heterocycles. The van der Waals surface area contributed by atoms with Gasteiger partial charge in [0.1, 0.15) is 0 Å². The highest BCUT2D eigenvalue weighted by Crippen LogP contribution is 2.26. The number of benzene rings is 1. The Bertz CT molecular complexity index is 663. The minimum absolute atomic E-state index is 0.0658. The molecule has 2 aliphatic rings. The normalized spacial score (nSPS) is 23.3. The summed E-state index contributed by atoms with van der Waals surface area (Å²) in [4.78, 5) is 31.1. The van der Waals surface area contributed by atoms with Crippen molar-refractivity contribution in [3.8, 4) is 0 Å². The molecule has 0 radical (unpaired) electrons. The van der Waals surface area contributed by atoms with E-state index >= 15 is 0 Å². The summed E-state index contributed by atoms with van der Waals surface area (Å²) in [6, 6.07) is 8.10. The zero-order valence-corrected chi connectivity index (χ0v) is 16.1. The maximum atomic E-state index is 13.1. The SMILES string of the molecule is Cc1ccc(N2CCCC(N3CCN(C(C)(C)C(N)=O)CC3)C2=O)cc1. The van der Waals surface area contributed by atoms with Gasteiger partial charge in [0.15, 0.2) is 0 Å². The molecule has 2 N–H and O–H groups in total. The van der Waals surface area contributed by atoms with Crippen molar-refractivity contribution in [1.82, 2.24) is 9.80 Å². The van der Waals surface area contributed by atoms with Crippen LogP contribution >= 0.6 is 0 Å². The van der Waals surface area contributed by atoms with Crippen molar-refractivity contribution >= 4 is 17.5 Å². The Kier molecular flexibility index (Phi) is 5.34. The van der Waals surface area contributed by atoms with E-state index in [1.54, 1.807) is 0 Å². The van der Waals surface area contributed by atoms with E-state index in [-0.39, 0.29) is 17.9 Å². The van der Waals surface area contributed by atoms with Crippen LogP contribution in [-0.4, -0.2) is 65.9 Å². The van der Waals surface area contributed by atoms with Crippen LogP contribution in [0.4, 0.5) is 5.69 Å². The van der Waals surface area contributed by atoms with E-state index in [1.807, 2.05) is 30.9 Å². The van der Waals surface area contributed by atoms with E-state index in [9.17, 15) is 9.59 Å². The lowest BCUT2D eigenvalue weighted by atomic mass is 9.98. The maximum Gasteiger partial charge on any atom is 0.244 e. The second-order valence-electron chi connectivity index (χ2n) is 7.93. The summed E-state index contributed by atoms with van der Waals surface area (Å²) in [5, 5.41) is 0. The van der Waals surface area contributed by atoms with Gasteiger partial charge in [-0.2, -0.15) is 0 Å². The lowest BCUT2D eigenvalue weighted by Crippen LogP contribution is -2.63. The van der Waals surface area contributed by atoms with Crippen LogP contribution in [0.1, 0.15) is 32.3 Å². The third-order valence-corrected chi connectivity index (χ3v) is 5.90. The van der Waals surface area contributed by atoms with Crippen LogP contribution in [0, 0.1) is 6.92 Å². The molecule has 3 rings (SSSR count). The molecular weight excluding hydrogens is 328 g/mol. The topological polar surface area (TPSA) is 69.9 Å². The van der Waals surface area contributed by atoms with E-state index in [0.29, 0.717) is 0 Å². The molecular formula is C20H30N4O2. The Labute approximate surface area is 155 Å². The molecule has 1 aromatic carbocycles. The molecule has 1 aromatic rings. The molecule has 2 heterocycles. The summed E-state index contributed by atoms with van der Waals surface area (Å²) in [5.74, 6) is -0.104. The van der Waals surface area contributed by atoms with Gasteiger partial charge in [-0.3, -0.25) is 19.4 Å². The molecule has 0 bridgehead atoms. The Morgan fingerprint density at radius 2 is 1.69 bits per heavy atom. The largest absolute Gasteiger partial charge is 0.368 e. The van der Waals surface area contributed by atoms with Crippen LogP contribution < -0.4 is 10.6 Å². The quantitative estimate of drug-likeness (QED) is 0.883. The smallest absolute Gasteiger partial charge is 0.244 e. The summed E-state index contributed by atoms with van der Waals surface area (Å²) in [5.41, 5.74) is 7.08. The number of nitrogens with two attached hydrogens (primary N) is 1. The Morgan fingerprint density at radius 1 is 1.08 bits per heavy atom. The lowest BCUT2D eigenvalue weighted by molar-refractivity contribution is -0.132. The lowest BCUT2D eigenvalue weighted by Gasteiger charge is -2.46. The first-order valence-corrected chi connectivity index (χ1v) is 9.48. The van der Waals surface area contributed by atoms with Crippen molar-refractivity contribution in [1.29, 1.82) is 0 Å². The number of piperidine rings is 1. The second-order valence-corrected chi connectivity index (χ2v) is 7.93. The molecule has 142 valence electrons. The molecule has 2 amide bonds. The average Bonchev–Trinajstić information content (AvgIpc) is 2.63. The number of aryl methyl sites for hydroxylation is 1. The van der Waals surface area contributed by atoms with Crippen molar-refractivity contribution in [3.05, 3.63) is 29.8 Å². The predicted molar refractivity (Wildman–Crippen MR) is 103 cm³/mol. The number of carbonyl (C=O) groups excluding carboxylic acids is 2. The van der Waals surface area contributed by atoms with Gasteiger partial charge in [0.05, 0.1) is 11.6 Å². The minimum atomic E-state index is -0.642. The Hall–Kier alpha value is -1.92. The molecule has 6 heteroatoms. The van der Waals surface area contributed by atoms with Crippen LogP contribution in [0.2, 0.25) is 0 Å². The van der Waals surface area contributed by atoms with Crippen LogP contribution in [-0.2, 0) is 9.59 Å². The first-order chi connectivity index (χ1) is 12.3. The van der Waals surface area contributed by atoms with Crippen molar-refractivity contribution in [3.63, 3.8) is 0 Å². The number of anilines is 1. The van der Waals surface area contributed by atoms with Gasteiger partial charge in [0.25, 0.3) is 0 Å². The predicted octanol–water partition coefficient (Wildman–Crippen LogP) is 1.37. The van der Waals surface area contributed by atoms with Crippen molar-refractivity contribution in [2.24, 2.45) is 5.73 Å². The standard InChI is InChI=1S/C20H30N4O2/c1-15-6-8-16(9-7-15)24-10-4-5-17(18(24)25)22-11-13-23(14-12-22)20(2,3)19(21)26/h6-9,17H,4-5,10-14H2,1-3H3,(H2,21,26). The number of rotatable bonds is 4. The van der Waals surface area contributed by atoms with Crippen LogP contribution in [0.15, 0.2) is 24.3 Å². The van der Waals surface area contributed by atoms with Crippen molar-refractivity contribution < 1.29 is 9.59 Å². The van der Waals surface area contributed by atoms with Gasteiger partial charge in [-0.25, -0.2) is 0 Å². The first kappa shape index (κ1) is 18.9. The second kappa shape index (κ2) is 7.37. The molecule has 0 aliphatic carbocycles. The van der Waals surface area contributed by atoms with E-state index in [4.69, 9.17) is 5.73 Å². The number of hydrogen-bond donors (Lipinski definition) is 1. The van der Waals surface area contributed by atoms with E-state index < -0.39 is 5.54 Å². The third kappa shape index (κ3) is 3.62. The molecule has 2 fully saturated rings. The van der Waals surface area contributed by atoms with E-state index in [1.165, 1.54) is 5.56 Å². The van der Waals surface area contributed by atoms with Crippen LogP contribution in [0.3, 0.4) is 0 Å². The first-order valence-electron chi connectivity index (χ1n) is 9.48. The van der Waals surface area contributed by atoms with Crippen molar-refractivity contribution in [2.75, 3.05) is 37.6 Å². The average molecular weight is 358 g/mol. The summed E-state index contributed by atoms with van der Waals surface area (Å²) in [7, 11) is 0. The molecule has 1 unspecified atom stereocenters. The highest BCUT2D eigenvalue weighted by molar-refractivity contribution is 5.98. The number of primary amides is 1. The fourth-order valence-corrected chi connectivity index (χ4v) is 3.92. The van der Waals surface area contributed by atoms with Gasteiger partial charge in [-0.1, -0.05) is 17.7 Å². The van der Waals surface area contributed by atoms with Gasteiger partial charge >= 0.3 is 0 Å². The summed E-state index contributed by atoms with van der Waals surface area (Å²) in [6.07, 6.45) is 1.91. The third-order valence-electron chi connectivity index (χ3n) is 5.90. The molecule has 6 nitrogen and oxygen atoms in total. The van der Waals surface area contributed by atoms with Gasteiger partial charge < -0.3 is 10.6 Å². The monoisotopic (exact) mass is 358 g/mol.